The predicted molar refractivity (Wildman–Crippen MR) is 210 cm³/mol. The SMILES string of the molecule is CCCCCCCCC=CCCCC(=O)N(O)CCCC[C@@H](NC(=O)[C@@]1(C)COC(c2cccc(O)c2O)=N1)C(=O)O[C@H](C)CC(=O)N[C@@H]1CCCCN(O)C1=O. The molecule has 16 heteroatoms. The molecular weight excluding hydrogens is 738 g/mol. The van der Waals surface area contributed by atoms with Gasteiger partial charge in [-0.2, -0.15) is 0 Å². The van der Waals surface area contributed by atoms with Gasteiger partial charge in [0, 0.05) is 19.5 Å². The lowest BCUT2D eigenvalue weighted by molar-refractivity contribution is -0.167. The van der Waals surface area contributed by atoms with Gasteiger partial charge in [0.15, 0.2) is 17.0 Å². The first-order valence-corrected chi connectivity index (χ1v) is 20.4. The molecule has 0 radical (unpaired) electrons. The van der Waals surface area contributed by atoms with Gasteiger partial charge in [0.1, 0.15) is 24.8 Å². The second-order valence-corrected chi connectivity index (χ2v) is 15.1. The fraction of sp³-hybridized carbons (Fsp3) is 0.659. The van der Waals surface area contributed by atoms with Gasteiger partial charge in [-0.05, 0) is 90.2 Å². The van der Waals surface area contributed by atoms with E-state index >= 15 is 0 Å². The van der Waals surface area contributed by atoms with Gasteiger partial charge in [-0.3, -0.25) is 29.6 Å². The quantitative estimate of drug-likeness (QED) is 0.0199. The fourth-order valence-electron chi connectivity index (χ4n) is 6.53. The van der Waals surface area contributed by atoms with Crippen molar-refractivity contribution >= 4 is 35.5 Å². The van der Waals surface area contributed by atoms with Crippen LogP contribution in [0.4, 0.5) is 0 Å². The maximum Gasteiger partial charge on any atom is 0.328 e. The minimum atomic E-state index is -1.53. The Labute approximate surface area is 335 Å². The van der Waals surface area contributed by atoms with Gasteiger partial charge >= 0.3 is 5.97 Å². The van der Waals surface area contributed by atoms with Crippen LogP contribution in [-0.4, -0.2) is 110 Å². The highest BCUT2D eigenvalue weighted by molar-refractivity contribution is 6.02. The topological polar surface area (TPSA) is 228 Å². The Balaban J connectivity index is 1.55. The summed E-state index contributed by atoms with van der Waals surface area (Å²) in [6.07, 6.45) is 15.2. The number of amides is 4. The third kappa shape index (κ3) is 15.6. The van der Waals surface area contributed by atoms with Gasteiger partial charge in [0.2, 0.25) is 17.7 Å². The van der Waals surface area contributed by atoms with Crippen molar-refractivity contribution in [3.63, 3.8) is 0 Å². The van der Waals surface area contributed by atoms with Crippen molar-refractivity contribution in [3.05, 3.63) is 35.9 Å². The summed E-state index contributed by atoms with van der Waals surface area (Å²) in [6, 6.07) is 2.10. The Bertz CT molecular complexity index is 1550. The standard InChI is InChI=1S/C41H63N5O11/c1-4-5-6-7-8-9-10-11-12-13-14-24-35(49)45(54)25-17-16-22-32(39(52)57-29(2)27-34(48)42-31-21-15-18-26-46(55)38(31)51)43-40(53)41(3)28-56-37(44-41)30-20-19-23-33(47)36(30)50/h11-12,19-20,23,29,31-32,47,50,54-55H,4-10,13-18,21-22,24-28H2,1-3H3,(H,42,48)(H,43,53)/t29-,31-,32-,41-/m1/s1. The molecule has 4 atom stereocenters. The molecule has 1 saturated heterocycles. The lowest BCUT2D eigenvalue weighted by Gasteiger charge is -2.25. The Morgan fingerprint density at radius 1 is 1.05 bits per heavy atom. The average Bonchev–Trinajstić information content (AvgIpc) is 3.51. The van der Waals surface area contributed by atoms with Crippen LogP contribution in [0.5, 0.6) is 11.5 Å². The summed E-state index contributed by atoms with van der Waals surface area (Å²) >= 11 is 0. The molecule has 0 bridgehead atoms. The van der Waals surface area contributed by atoms with Crippen molar-refractivity contribution in [2.75, 3.05) is 19.7 Å². The summed E-state index contributed by atoms with van der Waals surface area (Å²) < 4.78 is 11.2. The van der Waals surface area contributed by atoms with Crippen molar-refractivity contribution in [2.45, 2.75) is 154 Å². The zero-order valence-electron chi connectivity index (χ0n) is 33.7. The number of phenols is 2. The second-order valence-electron chi connectivity index (χ2n) is 15.1. The van der Waals surface area contributed by atoms with E-state index in [1.807, 2.05) is 0 Å². The number of carbonyl (C=O) groups excluding carboxylic acids is 5. The zero-order chi connectivity index (χ0) is 41.8. The first-order valence-electron chi connectivity index (χ1n) is 20.4. The highest BCUT2D eigenvalue weighted by Gasteiger charge is 2.42. The fourth-order valence-corrected chi connectivity index (χ4v) is 6.53. The maximum absolute atomic E-state index is 13.6. The number of esters is 1. The van der Waals surface area contributed by atoms with Crippen LogP contribution >= 0.6 is 0 Å². The van der Waals surface area contributed by atoms with Crippen LogP contribution in [0.3, 0.4) is 0 Å². The minimum absolute atomic E-state index is 0.0107. The molecule has 6 N–H and O–H groups in total. The third-order valence-corrected chi connectivity index (χ3v) is 10.0. The number of hydrogen-bond donors (Lipinski definition) is 6. The van der Waals surface area contributed by atoms with Gasteiger partial charge in [0.05, 0.1) is 12.0 Å². The highest BCUT2D eigenvalue weighted by atomic mass is 16.5. The van der Waals surface area contributed by atoms with E-state index in [1.54, 1.807) is 0 Å². The lowest BCUT2D eigenvalue weighted by atomic mass is 10.0. The number of para-hydroxylation sites is 1. The van der Waals surface area contributed by atoms with Crippen LogP contribution in [0.1, 0.15) is 135 Å². The smallest absolute Gasteiger partial charge is 0.328 e. The molecule has 0 unspecified atom stereocenters. The highest BCUT2D eigenvalue weighted by Crippen LogP contribution is 2.32. The number of phenolic OH excluding ortho intramolecular Hbond substituents is 2. The van der Waals surface area contributed by atoms with Crippen LogP contribution in [0.15, 0.2) is 35.3 Å². The molecule has 4 amide bonds. The summed E-state index contributed by atoms with van der Waals surface area (Å²) in [6.45, 7) is 5.13. The van der Waals surface area contributed by atoms with Gasteiger partial charge in [-0.1, -0.05) is 57.2 Å². The molecule has 318 valence electrons. The van der Waals surface area contributed by atoms with E-state index in [1.165, 1.54) is 64.2 Å². The number of allylic oxidation sites excluding steroid dienone is 2. The van der Waals surface area contributed by atoms with Crippen LogP contribution in [-0.2, 0) is 33.4 Å². The number of ether oxygens (including phenoxy) is 2. The van der Waals surface area contributed by atoms with Gasteiger partial charge < -0.3 is 30.3 Å². The molecule has 0 aromatic heterocycles. The van der Waals surface area contributed by atoms with Crippen molar-refractivity contribution in [2.24, 2.45) is 4.99 Å². The number of nitrogens with zero attached hydrogens (tertiary/aromatic N) is 3. The van der Waals surface area contributed by atoms with Crippen LogP contribution in [0.25, 0.3) is 0 Å². The molecule has 2 heterocycles. The van der Waals surface area contributed by atoms with Gasteiger partial charge in [-0.15, -0.1) is 0 Å². The number of unbranched alkanes of at least 4 members (excludes halogenated alkanes) is 8. The molecule has 3 rings (SSSR count). The largest absolute Gasteiger partial charge is 0.504 e. The van der Waals surface area contributed by atoms with Crippen molar-refractivity contribution in [1.29, 1.82) is 0 Å². The van der Waals surface area contributed by atoms with E-state index in [-0.39, 0.29) is 50.4 Å². The van der Waals surface area contributed by atoms with Crippen molar-refractivity contribution in [3.8, 4) is 11.5 Å². The number of hydrogen-bond acceptors (Lipinski definition) is 12. The van der Waals surface area contributed by atoms with Crippen LogP contribution in [0, 0.1) is 0 Å². The summed E-state index contributed by atoms with van der Waals surface area (Å²) in [4.78, 5) is 69.2. The number of aromatic hydroxyl groups is 2. The van der Waals surface area contributed by atoms with E-state index in [9.17, 15) is 44.6 Å². The summed E-state index contributed by atoms with van der Waals surface area (Å²) in [5.74, 6) is -4.05. The monoisotopic (exact) mass is 801 g/mol. The second kappa shape index (κ2) is 24.2. The van der Waals surface area contributed by atoms with Crippen LogP contribution < -0.4 is 10.6 Å². The average molecular weight is 802 g/mol. The molecule has 1 aromatic carbocycles. The van der Waals surface area contributed by atoms with E-state index in [0.29, 0.717) is 48.7 Å². The molecule has 2 aliphatic rings. The molecule has 0 spiro atoms. The molecule has 57 heavy (non-hydrogen) atoms. The first-order chi connectivity index (χ1) is 27.2. The maximum atomic E-state index is 13.6. The summed E-state index contributed by atoms with van der Waals surface area (Å²) in [5, 5.41) is 47.0. The number of nitrogens with one attached hydrogen (secondary N) is 2. The zero-order valence-corrected chi connectivity index (χ0v) is 33.7. The number of benzene rings is 1. The summed E-state index contributed by atoms with van der Waals surface area (Å²) in [7, 11) is 0. The van der Waals surface area contributed by atoms with E-state index < -0.39 is 64.8 Å². The molecular formula is C41H63N5O11. The normalized spacial score (nSPS) is 19.3. The number of carbonyl (C=O) groups is 5. The molecule has 16 nitrogen and oxygen atoms in total. The molecule has 0 saturated carbocycles. The molecule has 0 aliphatic carbocycles. The van der Waals surface area contributed by atoms with Crippen LogP contribution in [0.2, 0.25) is 0 Å². The number of rotatable bonds is 24. The Morgan fingerprint density at radius 3 is 2.53 bits per heavy atom. The van der Waals surface area contributed by atoms with Gasteiger partial charge in [0.25, 0.3) is 11.8 Å². The first kappa shape index (κ1) is 46.7. The Kier molecular flexibility index (Phi) is 19.8. The number of hydroxylamine groups is 4. The van der Waals surface area contributed by atoms with Crippen molar-refractivity contribution in [1.82, 2.24) is 20.8 Å². The molecule has 1 fully saturated rings. The third-order valence-electron chi connectivity index (χ3n) is 10.0. The Hall–Kier alpha value is -4.70. The number of aliphatic imine (C=N–C) groups is 1. The van der Waals surface area contributed by atoms with E-state index in [0.717, 1.165) is 19.3 Å². The van der Waals surface area contributed by atoms with E-state index in [2.05, 4.69) is 34.7 Å². The summed E-state index contributed by atoms with van der Waals surface area (Å²) in [5.41, 5.74) is -1.45. The predicted octanol–water partition coefficient (Wildman–Crippen LogP) is 5.19. The van der Waals surface area contributed by atoms with E-state index in [4.69, 9.17) is 9.47 Å². The molecule has 2 aliphatic heterocycles. The Morgan fingerprint density at radius 2 is 1.77 bits per heavy atom. The van der Waals surface area contributed by atoms with Gasteiger partial charge in [-0.25, -0.2) is 19.9 Å². The molecule has 1 aromatic rings. The van der Waals surface area contributed by atoms with Crippen molar-refractivity contribution < 1.29 is 54.1 Å². The minimum Gasteiger partial charge on any atom is -0.504 e. The lowest BCUT2D eigenvalue weighted by Crippen LogP contribution is -2.52.